The van der Waals surface area contributed by atoms with Gasteiger partial charge in [-0.1, -0.05) is 6.92 Å². The van der Waals surface area contributed by atoms with E-state index >= 15 is 0 Å². The molecule has 10 heteroatoms. The number of primary sulfonamides is 1. The number of ether oxygens (including phenoxy) is 1. The van der Waals surface area contributed by atoms with Gasteiger partial charge in [-0.15, -0.1) is 0 Å². The largest absolute Gasteiger partial charge is 0.489 e. The predicted molar refractivity (Wildman–Crippen MR) is 67.6 cm³/mol. The molecule has 0 aliphatic heterocycles. The lowest BCUT2D eigenvalue weighted by Gasteiger charge is -2.09. The molecule has 0 saturated heterocycles. The van der Waals surface area contributed by atoms with Crippen LogP contribution in [0.5, 0.6) is 5.75 Å². The zero-order valence-corrected chi connectivity index (χ0v) is 12.1. The van der Waals surface area contributed by atoms with Gasteiger partial charge in [-0.05, 0) is 12.1 Å². The average molecular weight is 329 g/mol. The molecule has 0 atom stereocenters. The molecule has 0 aliphatic carbocycles. The second-order valence-electron chi connectivity index (χ2n) is 3.82. The topological polar surface area (TPSA) is 104 Å². The van der Waals surface area contributed by atoms with Gasteiger partial charge in [-0.25, -0.2) is 26.4 Å². The summed E-state index contributed by atoms with van der Waals surface area (Å²) in [7, 11) is -7.69. The molecule has 2 N–H and O–H groups in total. The van der Waals surface area contributed by atoms with E-state index in [1.165, 1.54) is 6.92 Å². The monoisotopic (exact) mass is 329 g/mol. The van der Waals surface area contributed by atoms with E-state index in [-0.39, 0.29) is 18.1 Å². The third kappa shape index (κ3) is 4.12. The Bertz CT molecular complexity index is 701. The van der Waals surface area contributed by atoms with Crippen molar-refractivity contribution in [1.29, 1.82) is 0 Å². The fourth-order valence-corrected chi connectivity index (χ4v) is 2.49. The molecule has 20 heavy (non-hydrogen) atoms. The van der Waals surface area contributed by atoms with Crippen LogP contribution in [-0.2, 0) is 19.9 Å². The van der Waals surface area contributed by atoms with E-state index in [2.05, 4.69) is 0 Å². The van der Waals surface area contributed by atoms with Crippen LogP contribution in [0.15, 0.2) is 17.0 Å². The Hall–Kier alpha value is -1.26. The van der Waals surface area contributed by atoms with E-state index in [0.717, 1.165) is 12.1 Å². The van der Waals surface area contributed by atoms with Crippen molar-refractivity contribution in [2.24, 2.45) is 5.14 Å². The Balaban J connectivity index is 2.93. The van der Waals surface area contributed by atoms with E-state index in [0.29, 0.717) is 0 Å². The van der Waals surface area contributed by atoms with Crippen LogP contribution in [0.25, 0.3) is 0 Å². The first-order valence-corrected chi connectivity index (χ1v) is 8.79. The zero-order chi connectivity index (χ0) is 15.6. The van der Waals surface area contributed by atoms with Crippen LogP contribution in [0.1, 0.15) is 6.92 Å². The van der Waals surface area contributed by atoms with Crippen molar-refractivity contribution >= 4 is 19.9 Å². The van der Waals surface area contributed by atoms with E-state index in [9.17, 15) is 25.6 Å². The van der Waals surface area contributed by atoms with Crippen molar-refractivity contribution < 1.29 is 30.4 Å². The van der Waals surface area contributed by atoms with Gasteiger partial charge in [0.15, 0.2) is 21.4 Å². The molecule has 0 bridgehead atoms. The summed E-state index contributed by atoms with van der Waals surface area (Å²) in [5.41, 5.74) is 0. The highest BCUT2D eigenvalue weighted by Crippen LogP contribution is 2.24. The van der Waals surface area contributed by atoms with Crippen LogP contribution in [0.4, 0.5) is 8.78 Å². The summed E-state index contributed by atoms with van der Waals surface area (Å²) in [6.45, 7) is 1.07. The summed E-state index contributed by atoms with van der Waals surface area (Å²) in [5, 5.41) is 4.70. The van der Waals surface area contributed by atoms with Crippen molar-refractivity contribution in [1.82, 2.24) is 0 Å². The highest BCUT2D eigenvalue weighted by atomic mass is 32.2. The summed E-state index contributed by atoms with van der Waals surface area (Å²) >= 11 is 0. The second kappa shape index (κ2) is 6.02. The van der Waals surface area contributed by atoms with Gasteiger partial charge < -0.3 is 4.74 Å². The molecule has 0 heterocycles. The summed E-state index contributed by atoms with van der Waals surface area (Å²) in [5.74, 6) is -4.24. The van der Waals surface area contributed by atoms with Gasteiger partial charge in [0.25, 0.3) is 0 Å². The van der Waals surface area contributed by atoms with Crippen LogP contribution < -0.4 is 9.88 Å². The molecule has 1 aromatic rings. The number of benzene rings is 1. The van der Waals surface area contributed by atoms with Crippen LogP contribution in [0.3, 0.4) is 0 Å². The molecule has 114 valence electrons. The smallest absolute Gasteiger partial charge is 0.241 e. The van der Waals surface area contributed by atoms with Crippen LogP contribution >= 0.6 is 0 Å². The molecular formula is C10H13F2NO5S2. The molecule has 0 saturated carbocycles. The lowest BCUT2D eigenvalue weighted by molar-refractivity contribution is 0.312. The number of halogens is 2. The normalized spacial score (nSPS) is 12.4. The minimum atomic E-state index is -4.39. The Morgan fingerprint density at radius 2 is 1.75 bits per heavy atom. The average Bonchev–Trinajstić information content (AvgIpc) is 2.33. The van der Waals surface area contributed by atoms with Crippen LogP contribution in [-0.4, -0.2) is 34.9 Å². The molecule has 6 nitrogen and oxygen atoms in total. The fraction of sp³-hybridized carbons (Fsp3) is 0.400. The third-order valence-corrected chi connectivity index (χ3v) is 5.01. The first kappa shape index (κ1) is 16.8. The molecule has 0 aromatic heterocycles. The lowest BCUT2D eigenvalue weighted by atomic mass is 10.3. The molecule has 0 unspecified atom stereocenters. The number of hydrogen-bond donors (Lipinski definition) is 1. The van der Waals surface area contributed by atoms with Crippen molar-refractivity contribution in [3.05, 3.63) is 23.8 Å². The SMILES string of the molecule is CCS(=O)(=O)CCOc1ccc(S(N)(=O)=O)c(F)c1F. The first-order valence-electron chi connectivity index (χ1n) is 5.42. The fourth-order valence-electron chi connectivity index (χ4n) is 1.27. The van der Waals surface area contributed by atoms with E-state index in [1.807, 2.05) is 0 Å². The maximum atomic E-state index is 13.5. The number of nitrogens with two attached hydrogens (primary N) is 1. The molecule has 1 rings (SSSR count). The molecular weight excluding hydrogens is 316 g/mol. The summed E-state index contributed by atoms with van der Waals surface area (Å²) in [6.07, 6.45) is 0. The van der Waals surface area contributed by atoms with Gasteiger partial charge in [0.2, 0.25) is 15.8 Å². The van der Waals surface area contributed by atoms with Crippen molar-refractivity contribution in [2.75, 3.05) is 18.1 Å². The van der Waals surface area contributed by atoms with Crippen molar-refractivity contribution in [3.8, 4) is 5.75 Å². The number of sulfonamides is 1. The maximum Gasteiger partial charge on any atom is 0.241 e. The summed E-state index contributed by atoms with van der Waals surface area (Å²) < 4.78 is 76.0. The molecule has 0 spiro atoms. The highest BCUT2D eigenvalue weighted by Gasteiger charge is 2.21. The van der Waals surface area contributed by atoms with E-state index in [4.69, 9.17) is 9.88 Å². The Morgan fingerprint density at radius 1 is 1.15 bits per heavy atom. The molecule has 0 amide bonds. The Kier molecular flexibility index (Phi) is 5.05. The first-order chi connectivity index (χ1) is 9.08. The minimum absolute atomic E-state index is 0.0996. The van der Waals surface area contributed by atoms with Crippen LogP contribution in [0.2, 0.25) is 0 Å². The van der Waals surface area contributed by atoms with Gasteiger partial charge in [0, 0.05) is 5.75 Å². The molecule has 0 radical (unpaired) electrons. The van der Waals surface area contributed by atoms with E-state index < -0.39 is 42.1 Å². The second-order valence-corrected chi connectivity index (χ2v) is 7.82. The Morgan fingerprint density at radius 3 is 2.25 bits per heavy atom. The Labute approximate surface area is 115 Å². The predicted octanol–water partition coefficient (Wildman–Crippen LogP) is 0.426. The van der Waals surface area contributed by atoms with Gasteiger partial charge in [-0.3, -0.25) is 0 Å². The molecule has 1 aromatic carbocycles. The summed E-state index contributed by atoms with van der Waals surface area (Å²) in [6, 6.07) is 1.62. The van der Waals surface area contributed by atoms with E-state index in [1.54, 1.807) is 0 Å². The summed E-state index contributed by atoms with van der Waals surface area (Å²) in [4.78, 5) is -0.997. The number of rotatable bonds is 6. The van der Waals surface area contributed by atoms with Gasteiger partial charge in [0.1, 0.15) is 11.5 Å². The van der Waals surface area contributed by atoms with Crippen molar-refractivity contribution in [2.45, 2.75) is 11.8 Å². The quantitative estimate of drug-likeness (QED) is 0.815. The lowest BCUT2D eigenvalue weighted by Crippen LogP contribution is -2.17. The van der Waals surface area contributed by atoms with Crippen molar-refractivity contribution in [3.63, 3.8) is 0 Å². The maximum absolute atomic E-state index is 13.5. The van der Waals surface area contributed by atoms with Gasteiger partial charge in [-0.2, -0.15) is 4.39 Å². The molecule has 0 aliphatic rings. The van der Waals surface area contributed by atoms with Gasteiger partial charge in [0.05, 0.1) is 5.75 Å². The number of sulfone groups is 1. The van der Waals surface area contributed by atoms with Gasteiger partial charge >= 0.3 is 0 Å². The zero-order valence-electron chi connectivity index (χ0n) is 10.5. The highest BCUT2D eigenvalue weighted by molar-refractivity contribution is 7.91. The van der Waals surface area contributed by atoms with Crippen LogP contribution in [0, 0.1) is 11.6 Å². The number of hydrogen-bond acceptors (Lipinski definition) is 5. The molecule has 0 fully saturated rings. The minimum Gasteiger partial charge on any atom is -0.489 e. The standard InChI is InChI=1S/C10H13F2NO5S2/c1-2-19(14,15)6-5-18-7-3-4-8(20(13,16)17)10(12)9(7)11/h3-4H,2,5-6H2,1H3,(H2,13,16,17). The third-order valence-electron chi connectivity index (χ3n) is 2.41.